The van der Waals surface area contributed by atoms with Gasteiger partial charge in [0.25, 0.3) is 0 Å². The Morgan fingerprint density at radius 2 is 1.54 bits per heavy atom. The number of benzene rings is 1. The summed E-state index contributed by atoms with van der Waals surface area (Å²) in [4.78, 5) is 0. The number of unbranched alkanes of at least 4 members (excludes halogenated alkanes) is 5. The highest BCUT2D eigenvalue weighted by Gasteiger charge is 2.31. The van der Waals surface area contributed by atoms with Crippen LogP contribution in [0.1, 0.15) is 96.6 Å². The summed E-state index contributed by atoms with van der Waals surface area (Å²) < 4.78 is 44.7. The molecule has 1 aromatic carbocycles. The zero-order valence-electron chi connectivity index (χ0n) is 18.2. The van der Waals surface area contributed by atoms with E-state index in [1.807, 2.05) is 6.92 Å². The van der Waals surface area contributed by atoms with E-state index in [-0.39, 0.29) is 5.60 Å². The predicted octanol–water partition coefficient (Wildman–Crippen LogP) is 8.21. The summed E-state index contributed by atoms with van der Waals surface area (Å²) in [7, 11) is 0. The van der Waals surface area contributed by atoms with Gasteiger partial charge in [0, 0.05) is 6.61 Å². The van der Waals surface area contributed by atoms with Crippen molar-refractivity contribution in [2.75, 3.05) is 6.61 Å². The molecule has 0 heterocycles. The van der Waals surface area contributed by atoms with Gasteiger partial charge < -0.3 is 4.74 Å². The summed E-state index contributed by atoms with van der Waals surface area (Å²) in [5, 5.41) is 0. The van der Waals surface area contributed by atoms with Crippen LogP contribution in [0.4, 0.5) is 13.2 Å². The van der Waals surface area contributed by atoms with Gasteiger partial charge >= 0.3 is 6.18 Å². The summed E-state index contributed by atoms with van der Waals surface area (Å²) in [6, 6.07) is 5.74. The third kappa shape index (κ3) is 9.45. The SMILES string of the molecule is CCCCCCCCC(CCCc1cccc(C(F)(F)F)c1)C(C)(C)OCC. The first-order valence-corrected chi connectivity index (χ1v) is 11.0. The van der Waals surface area contributed by atoms with Crippen molar-refractivity contribution < 1.29 is 17.9 Å². The quantitative estimate of drug-likeness (QED) is 0.286. The Bertz CT molecular complexity index is 537. The van der Waals surface area contributed by atoms with Crippen molar-refractivity contribution in [3.63, 3.8) is 0 Å². The summed E-state index contributed by atoms with van der Waals surface area (Å²) in [6.07, 6.45) is 7.04. The number of hydrogen-bond donors (Lipinski definition) is 0. The van der Waals surface area contributed by atoms with Gasteiger partial charge in [-0.15, -0.1) is 0 Å². The monoisotopic (exact) mass is 400 g/mol. The molecule has 0 aliphatic carbocycles. The van der Waals surface area contributed by atoms with E-state index < -0.39 is 11.7 Å². The summed E-state index contributed by atoms with van der Waals surface area (Å²) in [5.41, 5.74) is 0.0250. The van der Waals surface area contributed by atoms with Crippen molar-refractivity contribution in [1.82, 2.24) is 0 Å². The van der Waals surface area contributed by atoms with Crippen molar-refractivity contribution in [3.8, 4) is 0 Å². The molecule has 0 radical (unpaired) electrons. The molecule has 0 aliphatic heterocycles. The summed E-state index contributed by atoms with van der Waals surface area (Å²) in [6.45, 7) is 9.25. The van der Waals surface area contributed by atoms with Crippen LogP contribution in [0.15, 0.2) is 24.3 Å². The van der Waals surface area contributed by atoms with Crippen LogP contribution in [0, 0.1) is 5.92 Å². The third-order valence-electron chi connectivity index (χ3n) is 5.68. The molecule has 0 saturated heterocycles. The molecular weight excluding hydrogens is 361 g/mol. The van der Waals surface area contributed by atoms with Crippen LogP contribution in [0.25, 0.3) is 0 Å². The van der Waals surface area contributed by atoms with Crippen LogP contribution in [0.2, 0.25) is 0 Å². The number of hydrogen-bond acceptors (Lipinski definition) is 1. The van der Waals surface area contributed by atoms with Gasteiger partial charge in [-0.1, -0.05) is 63.6 Å². The second kappa shape index (κ2) is 12.5. The van der Waals surface area contributed by atoms with E-state index in [1.165, 1.54) is 50.7 Å². The van der Waals surface area contributed by atoms with Gasteiger partial charge in [-0.2, -0.15) is 13.2 Å². The molecule has 0 N–H and O–H groups in total. The average Bonchev–Trinajstić information content (AvgIpc) is 2.62. The molecular formula is C24H39F3O. The Morgan fingerprint density at radius 3 is 2.18 bits per heavy atom. The molecule has 0 spiro atoms. The van der Waals surface area contributed by atoms with E-state index in [9.17, 15) is 13.2 Å². The normalized spacial score (nSPS) is 13.7. The minimum atomic E-state index is -4.27. The predicted molar refractivity (Wildman–Crippen MR) is 112 cm³/mol. The molecule has 1 nitrogen and oxygen atoms in total. The van der Waals surface area contributed by atoms with E-state index in [2.05, 4.69) is 20.8 Å². The molecule has 1 unspecified atom stereocenters. The second-order valence-corrected chi connectivity index (χ2v) is 8.38. The largest absolute Gasteiger partial charge is 0.416 e. The highest BCUT2D eigenvalue weighted by molar-refractivity contribution is 5.25. The lowest BCUT2D eigenvalue weighted by atomic mass is 9.82. The van der Waals surface area contributed by atoms with E-state index in [0.29, 0.717) is 18.9 Å². The number of alkyl halides is 3. The van der Waals surface area contributed by atoms with E-state index in [1.54, 1.807) is 6.07 Å². The highest BCUT2D eigenvalue weighted by Crippen LogP contribution is 2.32. The maximum absolute atomic E-state index is 12.9. The van der Waals surface area contributed by atoms with Crippen molar-refractivity contribution in [2.45, 2.75) is 104 Å². The Hall–Kier alpha value is -1.03. The average molecular weight is 401 g/mol. The highest BCUT2D eigenvalue weighted by atomic mass is 19.4. The fourth-order valence-corrected chi connectivity index (χ4v) is 3.96. The maximum Gasteiger partial charge on any atom is 0.416 e. The first-order valence-electron chi connectivity index (χ1n) is 11.0. The van der Waals surface area contributed by atoms with Gasteiger partial charge in [-0.25, -0.2) is 0 Å². The number of halogens is 3. The molecule has 1 aromatic rings. The summed E-state index contributed by atoms with van der Waals surface area (Å²) in [5.74, 6) is 0.435. The molecule has 0 saturated carbocycles. The lowest BCUT2D eigenvalue weighted by molar-refractivity contribution is -0.137. The molecule has 0 amide bonds. The van der Waals surface area contributed by atoms with E-state index in [4.69, 9.17) is 4.74 Å². The van der Waals surface area contributed by atoms with Crippen LogP contribution in [-0.2, 0) is 17.3 Å². The molecule has 4 heteroatoms. The Morgan fingerprint density at radius 1 is 0.893 bits per heavy atom. The topological polar surface area (TPSA) is 9.23 Å². The number of rotatable bonds is 14. The number of aryl methyl sites for hydroxylation is 1. The van der Waals surface area contributed by atoms with Gasteiger partial charge in [-0.3, -0.25) is 0 Å². The van der Waals surface area contributed by atoms with Gasteiger partial charge in [-0.05, 0) is 64.0 Å². The fraction of sp³-hybridized carbons (Fsp3) is 0.750. The minimum absolute atomic E-state index is 0.189. The van der Waals surface area contributed by atoms with E-state index >= 15 is 0 Å². The van der Waals surface area contributed by atoms with Crippen LogP contribution in [0.3, 0.4) is 0 Å². The lowest BCUT2D eigenvalue weighted by Gasteiger charge is -2.34. The third-order valence-corrected chi connectivity index (χ3v) is 5.68. The minimum Gasteiger partial charge on any atom is -0.376 e. The molecule has 28 heavy (non-hydrogen) atoms. The molecule has 0 aliphatic rings. The van der Waals surface area contributed by atoms with E-state index in [0.717, 1.165) is 30.9 Å². The number of ether oxygens (including phenoxy) is 1. The van der Waals surface area contributed by atoms with Crippen LogP contribution in [-0.4, -0.2) is 12.2 Å². The smallest absolute Gasteiger partial charge is 0.376 e. The molecule has 0 bridgehead atoms. The van der Waals surface area contributed by atoms with Gasteiger partial charge in [0.2, 0.25) is 0 Å². The van der Waals surface area contributed by atoms with Crippen LogP contribution in [0.5, 0.6) is 0 Å². The molecule has 0 fully saturated rings. The molecule has 162 valence electrons. The Kier molecular flexibility index (Phi) is 11.2. The fourth-order valence-electron chi connectivity index (χ4n) is 3.96. The van der Waals surface area contributed by atoms with Gasteiger partial charge in [0.1, 0.15) is 0 Å². The maximum atomic E-state index is 12.9. The Balaban J connectivity index is 2.56. The molecule has 0 aromatic heterocycles. The molecule has 1 atom stereocenters. The molecule has 1 rings (SSSR count). The van der Waals surface area contributed by atoms with Crippen molar-refractivity contribution in [3.05, 3.63) is 35.4 Å². The standard InChI is InChI=1S/C24H39F3O/c1-5-7-8-9-10-11-16-21(23(3,4)28-6-2)17-12-14-20-15-13-18-22(19-20)24(25,26)27/h13,15,18-19,21H,5-12,14,16-17H2,1-4H3. The van der Waals surface area contributed by atoms with Crippen molar-refractivity contribution in [2.24, 2.45) is 5.92 Å². The summed E-state index contributed by atoms with van der Waals surface area (Å²) >= 11 is 0. The van der Waals surface area contributed by atoms with Crippen molar-refractivity contribution in [1.29, 1.82) is 0 Å². The van der Waals surface area contributed by atoms with Gasteiger partial charge in [0.05, 0.1) is 11.2 Å². The first-order chi connectivity index (χ1) is 13.2. The van der Waals surface area contributed by atoms with Crippen LogP contribution < -0.4 is 0 Å². The first kappa shape index (κ1) is 25.0. The van der Waals surface area contributed by atoms with Crippen molar-refractivity contribution >= 4 is 0 Å². The second-order valence-electron chi connectivity index (χ2n) is 8.38. The zero-order valence-corrected chi connectivity index (χ0v) is 18.2. The lowest BCUT2D eigenvalue weighted by Crippen LogP contribution is -2.34. The zero-order chi connectivity index (χ0) is 21.0. The van der Waals surface area contributed by atoms with Gasteiger partial charge in [0.15, 0.2) is 0 Å². The Labute approximate surface area is 170 Å². The van der Waals surface area contributed by atoms with Crippen LogP contribution >= 0.6 is 0 Å².